The van der Waals surface area contributed by atoms with Crippen LogP contribution in [0.1, 0.15) is 16.1 Å². The van der Waals surface area contributed by atoms with Gasteiger partial charge in [-0.25, -0.2) is 10.5 Å². The van der Waals surface area contributed by atoms with Crippen LogP contribution in [0.3, 0.4) is 0 Å². The highest BCUT2D eigenvalue weighted by atomic mass is 16.5. The van der Waals surface area contributed by atoms with Gasteiger partial charge in [-0.3, -0.25) is 9.59 Å². The highest BCUT2D eigenvalue weighted by molar-refractivity contribution is 6.04. The highest BCUT2D eigenvalue weighted by Crippen LogP contribution is 2.22. The monoisotopic (exact) mass is 352 g/mol. The van der Waals surface area contributed by atoms with Crippen molar-refractivity contribution < 1.29 is 14.3 Å². The SMILES string of the molecule is COc1ccc(OC)c(/C=N/NC(=O)c2n[nH]c(=O)c3ccccc23)c1. The Labute approximate surface area is 148 Å². The number of carbonyl (C=O) groups is 1. The number of benzene rings is 2. The van der Waals surface area contributed by atoms with Crippen LogP contribution in [-0.4, -0.2) is 36.5 Å². The molecule has 0 spiro atoms. The molecule has 0 aliphatic heterocycles. The second kappa shape index (κ2) is 7.47. The van der Waals surface area contributed by atoms with Gasteiger partial charge in [-0.05, 0) is 24.3 Å². The first-order chi connectivity index (χ1) is 12.6. The molecule has 2 N–H and O–H groups in total. The quantitative estimate of drug-likeness (QED) is 0.537. The molecule has 0 saturated carbocycles. The highest BCUT2D eigenvalue weighted by Gasteiger charge is 2.13. The first-order valence-electron chi connectivity index (χ1n) is 7.67. The predicted molar refractivity (Wildman–Crippen MR) is 97.0 cm³/mol. The Morgan fingerprint density at radius 2 is 1.92 bits per heavy atom. The Morgan fingerprint density at radius 3 is 2.65 bits per heavy atom. The van der Waals surface area contributed by atoms with Crippen LogP contribution < -0.4 is 20.5 Å². The number of aromatic nitrogens is 2. The van der Waals surface area contributed by atoms with Gasteiger partial charge >= 0.3 is 0 Å². The zero-order valence-corrected chi connectivity index (χ0v) is 14.1. The number of rotatable bonds is 5. The van der Waals surface area contributed by atoms with Crippen molar-refractivity contribution in [3.05, 3.63) is 64.1 Å². The minimum Gasteiger partial charge on any atom is -0.497 e. The van der Waals surface area contributed by atoms with Gasteiger partial charge in [0.05, 0.1) is 25.8 Å². The molecule has 26 heavy (non-hydrogen) atoms. The molecule has 0 fully saturated rings. The number of hydrogen-bond acceptors (Lipinski definition) is 6. The summed E-state index contributed by atoms with van der Waals surface area (Å²) < 4.78 is 10.4. The lowest BCUT2D eigenvalue weighted by Gasteiger charge is -2.07. The van der Waals surface area contributed by atoms with Gasteiger partial charge in [0.1, 0.15) is 11.5 Å². The zero-order valence-electron chi connectivity index (χ0n) is 14.1. The summed E-state index contributed by atoms with van der Waals surface area (Å²) in [5.74, 6) is 0.666. The van der Waals surface area contributed by atoms with E-state index in [1.807, 2.05) is 0 Å². The molecule has 0 unspecified atom stereocenters. The number of amides is 1. The predicted octanol–water partition coefficient (Wildman–Crippen LogP) is 1.70. The molecular formula is C18H16N4O4. The molecule has 8 heteroatoms. The van der Waals surface area contributed by atoms with Crippen LogP contribution in [0.5, 0.6) is 11.5 Å². The van der Waals surface area contributed by atoms with Crippen LogP contribution in [0.15, 0.2) is 52.4 Å². The molecule has 0 radical (unpaired) electrons. The summed E-state index contributed by atoms with van der Waals surface area (Å²) in [7, 11) is 3.09. The van der Waals surface area contributed by atoms with Crippen molar-refractivity contribution >= 4 is 22.9 Å². The third-order valence-corrected chi connectivity index (χ3v) is 3.72. The molecule has 132 valence electrons. The second-order valence-electron chi connectivity index (χ2n) is 5.25. The molecule has 0 saturated heterocycles. The van der Waals surface area contributed by atoms with Crippen LogP contribution in [0.4, 0.5) is 0 Å². The van der Waals surface area contributed by atoms with Gasteiger partial charge in [-0.15, -0.1) is 0 Å². The smallest absolute Gasteiger partial charge is 0.292 e. The Morgan fingerprint density at radius 1 is 1.15 bits per heavy atom. The average Bonchev–Trinajstić information content (AvgIpc) is 2.68. The van der Waals surface area contributed by atoms with Crippen molar-refractivity contribution in [3.8, 4) is 11.5 Å². The Balaban J connectivity index is 1.85. The number of ether oxygens (including phenoxy) is 2. The lowest BCUT2D eigenvalue weighted by atomic mass is 10.1. The summed E-state index contributed by atoms with van der Waals surface area (Å²) in [6, 6.07) is 11.9. The standard InChI is InChI=1S/C18H16N4O4/c1-25-12-7-8-15(26-2)11(9-12)10-19-21-18(24)16-13-5-3-4-6-14(13)17(23)22-20-16/h3-10H,1-2H3,(H,21,24)(H,22,23)/b19-10+. The third kappa shape index (κ3) is 3.39. The first-order valence-corrected chi connectivity index (χ1v) is 7.67. The zero-order chi connectivity index (χ0) is 18.5. The Hall–Kier alpha value is -3.68. The van der Waals surface area contributed by atoms with Gasteiger partial charge in [0.15, 0.2) is 5.69 Å². The van der Waals surface area contributed by atoms with E-state index >= 15 is 0 Å². The van der Waals surface area contributed by atoms with E-state index in [9.17, 15) is 9.59 Å². The summed E-state index contributed by atoms with van der Waals surface area (Å²) in [4.78, 5) is 24.2. The van der Waals surface area contributed by atoms with E-state index in [2.05, 4.69) is 20.7 Å². The normalized spacial score (nSPS) is 10.8. The molecule has 0 atom stereocenters. The molecule has 0 aliphatic carbocycles. The van der Waals surface area contributed by atoms with E-state index in [0.717, 1.165) is 0 Å². The van der Waals surface area contributed by atoms with Gasteiger partial charge in [-0.1, -0.05) is 18.2 Å². The average molecular weight is 352 g/mol. The summed E-state index contributed by atoms with van der Waals surface area (Å²) in [6.45, 7) is 0. The van der Waals surface area contributed by atoms with E-state index < -0.39 is 5.91 Å². The maximum Gasteiger partial charge on any atom is 0.292 e. The van der Waals surface area contributed by atoms with Crippen LogP contribution >= 0.6 is 0 Å². The molecule has 3 rings (SSSR count). The summed E-state index contributed by atoms with van der Waals surface area (Å²) in [5, 5.41) is 10.9. The fourth-order valence-corrected chi connectivity index (χ4v) is 2.44. The largest absolute Gasteiger partial charge is 0.497 e. The van der Waals surface area contributed by atoms with Gasteiger partial charge in [-0.2, -0.15) is 10.2 Å². The number of nitrogens with zero attached hydrogens (tertiary/aromatic N) is 2. The topological polar surface area (TPSA) is 106 Å². The van der Waals surface area contributed by atoms with Gasteiger partial charge in [0.25, 0.3) is 11.5 Å². The molecule has 8 nitrogen and oxygen atoms in total. The first kappa shape index (κ1) is 17.2. The maximum atomic E-state index is 12.4. The Bertz CT molecular complexity index is 1040. The van der Waals surface area contributed by atoms with Gasteiger partial charge in [0, 0.05) is 10.9 Å². The molecule has 3 aromatic rings. The molecular weight excluding hydrogens is 336 g/mol. The van der Waals surface area contributed by atoms with Crippen molar-refractivity contribution in [1.29, 1.82) is 0 Å². The van der Waals surface area contributed by atoms with Gasteiger partial charge < -0.3 is 9.47 Å². The van der Waals surface area contributed by atoms with E-state index in [4.69, 9.17) is 9.47 Å². The number of hydrazone groups is 1. The van der Waals surface area contributed by atoms with Crippen molar-refractivity contribution in [1.82, 2.24) is 15.6 Å². The molecule has 0 aliphatic rings. The number of fused-ring (bicyclic) bond motifs is 1. The van der Waals surface area contributed by atoms with Crippen molar-refractivity contribution in [2.45, 2.75) is 0 Å². The number of methoxy groups -OCH3 is 2. The van der Waals surface area contributed by atoms with E-state index in [1.165, 1.54) is 13.3 Å². The van der Waals surface area contributed by atoms with Crippen LogP contribution in [0.25, 0.3) is 10.8 Å². The third-order valence-electron chi connectivity index (χ3n) is 3.72. The van der Waals surface area contributed by atoms with Gasteiger partial charge in [0.2, 0.25) is 0 Å². The number of nitrogens with one attached hydrogen (secondary N) is 2. The van der Waals surface area contributed by atoms with E-state index in [1.54, 1.807) is 49.6 Å². The van der Waals surface area contributed by atoms with Crippen LogP contribution in [0, 0.1) is 0 Å². The lowest BCUT2D eigenvalue weighted by Crippen LogP contribution is -2.22. The van der Waals surface area contributed by atoms with Crippen molar-refractivity contribution in [3.63, 3.8) is 0 Å². The van der Waals surface area contributed by atoms with Crippen LogP contribution in [0.2, 0.25) is 0 Å². The molecule has 1 heterocycles. The lowest BCUT2D eigenvalue weighted by molar-refractivity contribution is 0.0951. The molecule has 1 amide bonds. The number of carbonyl (C=O) groups excluding carboxylic acids is 1. The molecule has 0 bridgehead atoms. The Kier molecular flexibility index (Phi) is 4.93. The summed E-state index contributed by atoms with van der Waals surface area (Å²) in [5.41, 5.74) is 2.75. The van der Waals surface area contributed by atoms with Crippen LogP contribution in [-0.2, 0) is 0 Å². The number of aromatic amines is 1. The van der Waals surface area contributed by atoms with Crippen molar-refractivity contribution in [2.75, 3.05) is 14.2 Å². The molecule has 1 aromatic heterocycles. The summed E-state index contributed by atoms with van der Waals surface area (Å²) >= 11 is 0. The maximum absolute atomic E-state index is 12.4. The minimum atomic E-state index is -0.546. The summed E-state index contributed by atoms with van der Waals surface area (Å²) in [6.07, 6.45) is 1.44. The number of H-pyrrole nitrogens is 1. The fraction of sp³-hybridized carbons (Fsp3) is 0.111. The van der Waals surface area contributed by atoms with E-state index in [0.29, 0.717) is 27.8 Å². The second-order valence-corrected chi connectivity index (χ2v) is 5.25. The van der Waals surface area contributed by atoms with Crippen molar-refractivity contribution in [2.24, 2.45) is 5.10 Å². The minimum absolute atomic E-state index is 0.0787. The molecule has 2 aromatic carbocycles. The fourth-order valence-electron chi connectivity index (χ4n) is 2.44. The van der Waals surface area contributed by atoms with E-state index in [-0.39, 0.29) is 11.3 Å². The number of hydrogen-bond donors (Lipinski definition) is 2.